The van der Waals surface area contributed by atoms with Gasteiger partial charge in [0.1, 0.15) is 0 Å². The highest BCUT2D eigenvalue weighted by Gasteiger charge is 2.60. The van der Waals surface area contributed by atoms with Crippen molar-refractivity contribution >= 4 is 48.5 Å². The molecule has 9 aromatic rings. The number of hydrogen-bond donors (Lipinski definition) is 0. The van der Waals surface area contributed by atoms with E-state index >= 15 is 0 Å². The Balaban J connectivity index is 1.07. The van der Waals surface area contributed by atoms with Gasteiger partial charge in [-0.05, 0) is 97.1 Å². The molecule has 0 fully saturated rings. The van der Waals surface area contributed by atoms with Gasteiger partial charge in [-0.1, -0.05) is 184 Å². The lowest BCUT2D eigenvalue weighted by atomic mass is 9.63. The Morgan fingerprint density at radius 3 is 1.93 bits per heavy atom. The van der Waals surface area contributed by atoms with Gasteiger partial charge < -0.3 is 4.90 Å². The predicted molar refractivity (Wildman–Crippen MR) is 254 cm³/mol. The molecule has 0 bridgehead atoms. The van der Waals surface area contributed by atoms with Gasteiger partial charge >= 0.3 is 0 Å². The van der Waals surface area contributed by atoms with E-state index in [0.29, 0.717) is 0 Å². The van der Waals surface area contributed by atoms with Crippen LogP contribution in [0.4, 0.5) is 11.4 Å². The van der Waals surface area contributed by atoms with Crippen LogP contribution in [0.3, 0.4) is 0 Å². The number of fused-ring (bicyclic) bond motifs is 17. The molecular weight excluding hydrogens is 743 g/mol. The largest absolute Gasteiger partial charge is 0.334 e. The SMILES string of the molecule is CC1(C)c2ccccc2-c2ccc(N(c3ccc(-c4ccccc4)cc3)C3C=CC=C4c5ccccc5C5(c6ccccc6-c6c5ccc5c6sc6ccccc65)C43)cc21. The molecule has 0 N–H and O–H groups in total. The zero-order valence-corrected chi connectivity index (χ0v) is 34.4. The molecule has 8 aromatic carbocycles. The topological polar surface area (TPSA) is 3.24 Å². The summed E-state index contributed by atoms with van der Waals surface area (Å²) in [6.45, 7) is 4.79. The van der Waals surface area contributed by atoms with Crippen LogP contribution in [0.1, 0.15) is 47.2 Å². The van der Waals surface area contributed by atoms with E-state index in [9.17, 15) is 0 Å². The zero-order chi connectivity index (χ0) is 39.7. The second kappa shape index (κ2) is 12.4. The van der Waals surface area contributed by atoms with Gasteiger partial charge in [0.05, 0.1) is 11.5 Å². The maximum atomic E-state index is 2.68. The average molecular weight is 784 g/mol. The van der Waals surface area contributed by atoms with E-state index in [1.165, 1.54) is 104 Å². The van der Waals surface area contributed by atoms with Gasteiger partial charge in [-0.25, -0.2) is 0 Å². The van der Waals surface area contributed by atoms with Crippen LogP contribution in [0, 0.1) is 5.92 Å². The first-order valence-corrected chi connectivity index (χ1v) is 22.1. The summed E-state index contributed by atoms with van der Waals surface area (Å²) in [5.74, 6) is 0.0846. The van der Waals surface area contributed by atoms with Crippen molar-refractivity contribution in [1.29, 1.82) is 0 Å². The van der Waals surface area contributed by atoms with Gasteiger partial charge in [0.25, 0.3) is 0 Å². The van der Waals surface area contributed by atoms with E-state index in [4.69, 9.17) is 0 Å². The number of hydrogen-bond acceptors (Lipinski definition) is 2. The fourth-order valence-corrected chi connectivity index (χ4v) is 13.1. The van der Waals surface area contributed by atoms with Crippen molar-refractivity contribution in [3.05, 3.63) is 234 Å². The number of rotatable bonds is 4. The van der Waals surface area contributed by atoms with Crippen LogP contribution in [0.2, 0.25) is 0 Å². The molecule has 4 aliphatic rings. The molecule has 60 heavy (non-hydrogen) atoms. The van der Waals surface area contributed by atoms with Crippen LogP contribution in [-0.4, -0.2) is 6.04 Å². The highest BCUT2D eigenvalue weighted by atomic mass is 32.1. The van der Waals surface area contributed by atoms with Crippen LogP contribution in [-0.2, 0) is 10.8 Å². The lowest BCUT2D eigenvalue weighted by Crippen LogP contribution is -2.46. The van der Waals surface area contributed by atoms with Crippen molar-refractivity contribution in [2.45, 2.75) is 30.7 Å². The summed E-state index contributed by atoms with van der Waals surface area (Å²) in [6.07, 6.45) is 7.26. The number of allylic oxidation sites excluding steroid dienone is 2. The first-order chi connectivity index (χ1) is 29.5. The molecule has 1 aromatic heterocycles. The number of benzene rings is 8. The van der Waals surface area contributed by atoms with Gasteiger partial charge in [0.15, 0.2) is 0 Å². The van der Waals surface area contributed by atoms with Crippen molar-refractivity contribution in [3.8, 4) is 33.4 Å². The van der Waals surface area contributed by atoms with Gasteiger partial charge in [-0.3, -0.25) is 0 Å². The molecule has 0 aliphatic heterocycles. The van der Waals surface area contributed by atoms with Gasteiger partial charge in [0.2, 0.25) is 0 Å². The maximum Gasteiger partial charge on any atom is 0.0609 e. The second-order valence-corrected chi connectivity index (χ2v) is 18.6. The van der Waals surface area contributed by atoms with Gasteiger partial charge in [0, 0.05) is 48.4 Å². The molecule has 3 unspecified atom stereocenters. The van der Waals surface area contributed by atoms with Crippen molar-refractivity contribution in [1.82, 2.24) is 0 Å². The minimum Gasteiger partial charge on any atom is -0.334 e. The molecule has 4 aliphatic carbocycles. The number of thiophene rings is 1. The molecule has 1 spiro atoms. The van der Waals surface area contributed by atoms with Crippen molar-refractivity contribution in [2.75, 3.05) is 4.90 Å². The first kappa shape index (κ1) is 34.2. The molecular formula is C58H41NS. The Morgan fingerprint density at radius 1 is 0.483 bits per heavy atom. The minimum atomic E-state index is -0.414. The van der Waals surface area contributed by atoms with Crippen LogP contribution in [0.25, 0.3) is 59.1 Å². The van der Waals surface area contributed by atoms with E-state index in [1.807, 2.05) is 11.3 Å². The normalized spacial score (nSPS) is 19.7. The monoisotopic (exact) mass is 783 g/mol. The van der Waals surface area contributed by atoms with Crippen molar-refractivity contribution in [2.24, 2.45) is 5.92 Å². The molecule has 2 heteroatoms. The third-order valence-electron chi connectivity index (χ3n) is 14.4. The molecule has 1 nitrogen and oxygen atoms in total. The Bertz CT molecular complexity index is 3310. The lowest BCUT2D eigenvalue weighted by Gasteiger charge is -2.45. The highest BCUT2D eigenvalue weighted by molar-refractivity contribution is 7.26. The summed E-state index contributed by atoms with van der Waals surface area (Å²) in [4.78, 5) is 2.68. The van der Waals surface area contributed by atoms with Crippen LogP contribution >= 0.6 is 11.3 Å². The zero-order valence-electron chi connectivity index (χ0n) is 33.6. The summed E-state index contributed by atoms with van der Waals surface area (Å²) < 4.78 is 2.74. The first-order valence-electron chi connectivity index (χ1n) is 21.3. The Kier molecular flexibility index (Phi) is 7.05. The Hall–Kier alpha value is -6.74. The summed E-state index contributed by atoms with van der Waals surface area (Å²) in [6, 6.07) is 68.9. The molecule has 13 rings (SSSR count). The minimum absolute atomic E-state index is 0.0120. The molecule has 0 radical (unpaired) electrons. The lowest BCUT2D eigenvalue weighted by molar-refractivity contribution is 0.445. The van der Waals surface area contributed by atoms with Crippen molar-refractivity contribution < 1.29 is 0 Å². The van der Waals surface area contributed by atoms with Gasteiger partial charge in [-0.2, -0.15) is 0 Å². The van der Waals surface area contributed by atoms with E-state index in [2.05, 4.69) is 219 Å². The highest BCUT2D eigenvalue weighted by Crippen LogP contribution is 2.67. The molecule has 0 amide bonds. The second-order valence-electron chi connectivity index (χ2n) is 17.5. The fraction of sp³-hybridized carbons (Fsp3) is 0.103. The van der Waals surface area contributed by atoms with Crippen LogP contribution in [0.5, 0.6) is 0 Å². The van der Waals surface area contributed by atoms with Crippen molar-refractivity contribution in [3.63, 3.8) is 0 Å². The van der Waals surface area contributed by atoms with E-state index < -0.39 is 5.41 Å². The molecule has 3 atom stereocenters. The number of anilines is 2. The molecule has 284 valence electrons. The third kappa shape index (κ3) is 4.41. The maximum absolute atomic E-state index is 2.68. The van der Waals surface area contributed by atoms with Gasteiger partial charge in [-0.15, -0.1) is 11.3 Å². The third-order valence-corrected chi connectivity index (χ3v) is 15.6. The Labute approximate surface area is 355 Å². The molecule has 1 heterocycles. The molecule has 0 saturated carbocycles. The van der Waals surface area contributed by atoms with Crippen LogP contribution in [0.15, 0.2) is 200 Å². The van der Waals surface area contributed by atoms with E-state index in [0.717, 1.165) is 0 Å². The fourth-order valence-electron chi connectivity index (χ4n) is 11.9. The standard InChI is InChI=1S/C58H41NS/c1-57(2)47-22-10-6-17-40(47)42-32-31-39(35-51(42)57)59(38-29-27-37(28-30-38)36-15-4-3-5-16-36)52-25-14-21-44-41-18-7-11-23-48(41)58(55(44)52)49-24-12-8-20-46(49)54-50(58)34-33-45-43-19-9-13-26-53(43)60-56(45)54/h3-35,52,55H,1-2H3. The predicted octanol–water partition coefficient (Wildman–Crippen LogP) is 15.1. The quantitative estimate of drug-likeness (QED) is 0.172. The smallest absolute Gasteiger partial charge is 0.0609 e. The summed E-state index contributed by atoms with van der Waals surface area (Å²) >= 11 is 1.95. The molecule has 0 saturated heterocycles. The average Bonchev–Trinajstić information content (AvgIpc) is 3.99. The Morgan fingerprint density at radius 2 is 1.12 bits per heavy atom. The summed E-state index contributed by atoms with van der Waals surface area (Å²) in [7, 11) is 0. The number of nitrogens with zero attached hydrogens (tertiary/aromatic N) is 1. The van der Waals surface area contributed by atoms with E-state index in [-0.39, 0.29) is 17.4 Å². The summed E-state index contributed by atoms with van der Waals surface area (Å²) in [5, 5.41) is 2.70. The van der Waals surface area contributed by atoms with Crippen LogP contribution < -0.4 is 4.90 Å². The van der Waals surface area contributed by atoms with E-state index in [1.54, 1.807) is 0 Å². The summed E-state index contributed by atoms with van der Waals surface area (Å²) in [5.41, 5.74) is 19.6.